The number of carbonyl (C=O) groups excluding carboxylic acids is 1. The predicted octanol–water partition coefficient (Wildman–Crippen LogP) is 3.61. The van der Waals surface area contributed by atoms with E-state index in [4.69, 9.17) is 9.15 Å². The standard InChI is InChI=1S/C21H19NO4/c1-13-4-2-5-14(10-13)22-20(23)12-25-15-8-9-17-16-6-3-7-18(16)21(24)26-19(17)11-15/h2,4-5,8-11H,3,6-7,12H2,1H3,(H,22,23). The zero-order valence-electron chi connectivity index (χ0n) is 14.5. The van der Waals surface area contributed by atoms with Gasteiger partial charge in [0.1, 0.15) is 11.3 Å². The maximum Gasteiger partial charge on any atom is 0.339 e. The van der Waals surface area contributed by atoms with Crippen molar-refractivity contribution in [3.63, 3.8) is 0 Å². The van der Waals surface area contributed by atoms with Crippen LogP contribution < -0.4 is 15.7 Å². The molecule has 26 heavy (non-hydrogen) atoms. The van der Waals surface area contributed by atoms with Gasteiger partial charge in [-0.3, -0.25) is 4.79 Å². The summed E-state index contributed by atoms with van der Waals surface area (Å²) in [7, 11) is 0. The number of fused-ring (bicyclic) bond motifs is 3. The Hall–Kier alpha value is -3.08. The fourth-order valence-corrected chi connectivity index (χ4v) is 3.42. The smallest absolute Gasteiger partial charge is 0.339 e. The molecule has 5 nitrogen and oxygen atoms in total. The van der Waals surface area contributed by atoms with E-state index in [-0.39, 0.29) is 18.1 Å². The molecule has 0 saturated heterocycles. The first-order chi connectivity index (χ1) is 12.6. The molecule has 4 rings (SSSR count). The topological polar surface area (TPSA) is 68.5 Å². The van der Waals surface area contributed by atoms with Crippen molar-refractivity contribution in [2.45, 2.75) is 26.2 Å². The molecule has 0 aliphatic heterocycles. The van der Waals surface area contributed by atoms with Crippen LogP contribution >= 0.6 is 0 Å². The van der Waals surface area contributed by atoms with Crippen LogP contribution in [-0.2, 0) is 17.6 Å². The summed E-state index contributed by atoms with van der Waals surface area (Å²) in [6.07, 6.45) is 2.66. The number of carbonyl (C=O) groups is 1. The van der Waals surface area contributed by atoms with Crippen molar-refractivity contribution in [2.75, 3.05) is 11.9 Å². The first-order valence-corrected chi connectivity index (χ1v) is 8.68. The fraction of sp³-hybridized carbons (Fsp3) is 0.238. The van der Waals surface area contributed by atoms with Gasteiger partial charge >= 0.3 is 5.63 Å². The van der Waals surface area contributed by atoms with Gasteiger partial charge in [-0.25, -0.2) is 4.79 Å². The summed E-state index contributed by atoms with van der Waals surface area (Å²) in [5.74, 6) is 0.254. The highest BCUT2D eigenvalue weighted by Crippen LogP contribution is 2.29. The van der Waals surface area contributed by atoms with Crippen LogP contribution in [0.1, 0.15) is 23.1 Å². The number of hydrogen-bond donors (Lipinski definition) is 1. The van der Waals surface area contributed by atoms with Crippen LogP contribution in [0.2, 0.25) is 0 Å². The van der Waals surface area contributed by atoms with Crippen molar-refractivity contribution in [3.05, 3.63) is 69.6 Å². The van der Waals surface area contributed by atoms with Crippen LogP contribution in [0, 0.1) is 6.92 Å². The van der Waals surface area contributed by atoms with Gasteiger partial charge in [0.05, 0.1) is 0 Å². The largest absolute Gasteiger partial charge is 0.484 e. The van der Waals surface area contributed by atoms with Crippen LogP contribution in [0.4, 0.5) is 5.69 Å². The van der Waals surface area contributed by atoms with Gasteiger partial charge in [-0.15, -0.1) is 0 Å². The lowest BCUT2D eigenvalue weighted by atomic mass is 10.1. The number of rotatable bonds is 4. The molecular weight excluding hydrogens is 330 g/mol. The quantitative estimate of drug-likeness (QED) is 0.731. The average Bonchev–Trinajstić information content (AvgIpc) is 3.10. The van der Waals surface area contributed by atoms with Gasteiger partial charge in [0.25, 0.3) is 5.91 Å². The van der Waals surface area contributed by atoms with Gasteiger partial charge in [0, 0.05) is 22.7 Å². The van der Waals surface area contributed by atoms with Gasteiger partial charge in [-0.1, -0.05) is 12.1 Å². The molecule has 1 aromatic heterocycles. The van der Waals surface area contributed by atoms with Crippen LogP contribution in [0.5, 0.6) is 5.75 Å². The number of nitrogens with one attached hydrogen (secondary N) is 1. The van der Waals surface area contributed by atoms with Gasteiger partial charge < -0.3 is 14.5 Å². The molecule has 132 valence electrons. The molecule has 5 heteroatoms. The van der Waals surface area contributed by atoms with Gasteiger partial charge in [-0.05, 0) is 61.6 Å². The second-order valence-electron chi connectivity index (χ2n) is 6.56. The molecule has 1 aliphatic rings. The SMILES string of the molecule is Cc1cccc(NC(=O)COc2ccc3c4c(c(=O)oc3c2)CCC4)c1. The van der Waals surface area contributed by atoms with Crippen LogP contribution in [0.3, 0.4) is 0 Å². The van der Waals surface area contributed by atoms with Crippen LogP contribution in [-0.4, -0.2) is 12.5 Å². The molecule has 0 unspecified atom stereocenters. The van der Waals surface area contributed by atoms with Crippen molar-refractivity contribution in [3.8, 4) is 5.75 Å². The normalized spacial score (nSPS) is 12.8. The molecule has 1 N–H and O–H groups in total. The molecular formula is C21H19NO4. The second-order valence-corrected chi connectivity index (χ2v) is 6.56. The van der Waals surface area contributed by atoms with E-state index in [0.717, 1.165) is 47.0 Å². The Morgan fingerprint density at radius 2 is 2.00 bits per heavy atom. The number of aryl methyl sites for hydroxylation is 2. The summed E-state index contributed by atoms with van der Waals surface area (Å²) in [6, 6.07) is 13.0. The van der Waals surface area contributed by atoms with E-state index in [9.17, 15) is 9.59 Å². The number of ether oxygens (including phenoxy) is 1. The molecule has 1 heterocycles. The Morgan fingerprint density at radius 1 is 1.15 bits per heavy atom. The van der Waals surface area contributed by atoms with Crippen molar-refractivity contribution in [2.24, 2.45) is 0 Å². The van der Waals surface area contributed by atoms with Gasteiger partial charge in [0.2, 0.25) is 0 Å². The third-order valence-electron chi connectivity index (χ3n) is 4.62. The maximum atomic E-state index is 12.1. The zero-order chi connectivity index (χ0) is 18.1. The fourth-order valence-electron chi connectivity index (χ4n) is 3.42. The number of anilines is 1. The summed E-state index contributed by atoms with van der Waals surface area (Å²) in [5.41, 5.74) is 3.93. The maximum absolute atomic E-state index is 12.1. The van der Waals surface area contributed by atoms with E-state index in [1.807, 2.05) is 37.3 Å². The number of benzene rings is 2. The number of hydrogen-bond acceptors (Lipinski definition) is 4. The highest BCUT2D eigenvalue weighted by atomic mass is 16.5. The second kappa shape index (κ2) is 6.67. The lowest BCUT2D eigenvalue weighted by molar-refractivity contribution is -0.118. The molecule has 0 bridgehead atoms. The Balaban J connectivity index is 1.48. The molecule has 2 aromatic carbocycles. The van der Waals surface area contributed by atoms with E-state index < -0.39 is 0 Å². The van der Waals surface area contributed by atoms with Gasteiger partial charge in [0.15, 0.2) is 6.61 Å². The van der Waals surface area contributed by atoms with Crippen molar-refractivity contribution >= 4 is 22.6 Å². The first kappa shape index (κ1) is 16.4. The molecule has 1 amide bonds. The van der Waals surface area contributed by atoms with Crippen molar-refractivity contribution in [1.82, 2.24) is 0 Å². The van der Waals surface area contributed by atoms with Crippen LogP contribution in [0.15, 0.2) is 51.7 Å². The zero-order valence-corrected chi connectivity index (χ0v) is 14.5. The Kier molecular flexibility index (Phi) is 4.21. The number of amides is 1. The monoisotopic (exact) mass is 349 g/mol. The van der Waals surface area contributed by atoms with E-state index in [1.54, 1.807) is 12.1 Å². The molecule has 0 spiro atoms. The van der Waals surface area contributed by atoms with E-state index >= 15 is 0 Å². The summed E-state index contributed by atoms with van der Waals surface area (Å²) in [5, 5.41) is 3.75. The molecule has 0 saturated carbocycles. The summed E-state index contributed by atoms with van der Waals surface area (Å²) >= 11 is 0. The Bertz CT molecular complexity index is 1050. The highest BCUT2D eigenvalue weighted by Gasteiger charge is 2.19. The highest BCUT2D eigenvalue weighted by molar-refractivity contribution is 5.92. The third-order valence-corrected chi connectivity index (χ3v) is 4.62. The molecule has 0 atom stereocenters. The summed E-state index contributed by atoms with van der Waals surface area (Å²) in [4.78, 5) is 24.1. The van der Waals surface area contributed by atoms with Crippen molar-refractivity contribution in [1.29, 1.82) is 0 Å². The van der Waals surface area contributed by atoms with E-state index in [1.165, 1.54) is 0 Å². The molecule has 0 radical (unpaired) electrons. The minimum Gasteiger partial charge on any atom is -0.484 e. The Morgan fingerprint density at radius 3 is 2.85 bits per heavy atom. The lowest BCUT2D eigenvalue weighted by Gasteiger charge is -2.09. The van der Waals surface area contributed by atoms with E-state index in [0.29, 0.717) is 11.3 Å². The Labute approximate surface area is 150 Å². The molecule has 3 aromatic rings. The average molecular weight is 349 g/mol. The minimum absolute atomic E-state index is 0.116. The minimum atomic E-state index is -0.264. The van der Waals surface area contributed by atoms with E-state index in [2.05, 4.69) is 5.32 Å². The summed E-state index contributed by atoms with van der Waals surface area (Å²) < 4.78 is 11.0. The van der Waals surface area contributed by atoms with Crippen molar-refractivity contribution < 1.29 is 13.9 Å². The predicted molar refractivity (Wildman–Crippen MR) is 99.8 cm³/mol. The lowest BCUT2D eigenvalue weighted by Crippen LogP contribution is -2.20. The first-order valence-electron chi connectivity index (χ1n) is 8.68. The molecule has 1 aliphatic carbocycles. The molecule has 0 fully saturated rings. The van der Waals surface area contributed by atoms with Gasteiger partial charge in [-0.2, -0.15) is 0 Å². The summed E-state index contributed by atoms with van der Waals surface area (Å²) in [6.45, 7) is 1.85. The van der Waals surface area contributed by atoms with Crippen LogP contribution in [0.25, 0.3) is 11.0 Å². The third kappa shape index (κ3) is 3.20.